The van der Waals surface area contributed by atoms with Gasteiger partial charge in [0.15, 0.2) is 0 Å². The van der Waals surface area contributed by atoms with Crippen LogP contribution in [0.1, 0.15) is 51.3 Å². The van der Waals surface area contributed by atoms with Gasteiger partial charge in [-0.3, -0.25) is 5.10 Å². The fourth-order valence-electron chi connectivity index (χ4n) is 3.46. The number of hydrogen-bond donors (Lipinski definition) is 2. The molecule has 2 fully saturated rings. The third kappa shape index (κ3) is 3.14. The lowest BCUT2D eigenvalue weighted by Crippen LogP contribution is -2.48. The Balaban J connectivity index is 1.58. The number of anilines is 1. The smallest absolute Gasteiger partial charge is 0.244 e. The maximum absolute atomic E-state index is 6.15. The van der Waals surface area contributed by atoms with Crippen molar-refractivity contribution in [3.63, 3.8) is 0 Å². The number of hydrogen-bond acceptors (Lipinski definition) is 4. The van der Waals surface area contributed by atoms with Crippen LogP contribution in [0, 0.1) is 11.8 Å². The lowest BCUT2D eigenvalue weighted by molar-refractivity contribution is 0.351. The van der Waals surface area contributed by atoms with Crippen molar-refractivity contribution in [3.05, 3.63) is 5.82 Å². The highest BCUT2D eigenvalue weighted by atomic mass is 15.4. The number of nitrogens with zero attached hydrogens (tertiary/aromatic N) is 3. The maximum Gasteiger partial charge on any atom is 0.244 e. The van der Waals surface area contributed by atoms with Gasteiger partial charge in [0.05, 0.1) is 0 Å². The van der Waals surface area contributed by atoms with Crippen molar-refractivity contribution in [1.29, 1.82) is 0 Å². The molecular weight excluding hydrogens is 250 g/mol. The fraction of sp³-hybridized carbons (Fsp3) is 0.867. The molecule has 3 N–H and O–H groups in total. The molecule has 20 heavy (non-hydrogen) atoms. The molecule has 0 spiro atoms. The third-order valence-corrected chi connectivity index (χ3v) is 5.03. The van der Waals surface area contributed by atoms with Crippen LogP contribution in [-0.4, -0.2) is 34.3 Å². The minimum absolute atomic E-state index is 0.240. The van der Waals surface area contributed by atoms with E-state index in [1.807, 2.05) is 0 Å². The summed E-state index contributed by atoms with van der Waals surface area (Å²) in [6, 6.07) is 0.240. The van der Waals surface area contributed by atoms with Crippen molar-refractivity contribution in [2.75, 3.05) is 18.0 Å². The molecule has 5 heteroatoms. The van der Waals surface area contributed by atoms with E-state index in [1.54, 1.807) is 0 Å². The van der Waals surface area contributed by atoms with Crippen molar-refractivity contribution in [2.45, 2.75) is 57.9 Å². The summed E-state index contributed by atoms with van der Waals surface area (Å²) >= 11 is 0. The van der Waals surface area contributed by atoms with Crippen molar-refractivity contribution in [3.8, 4) is 0 Å². The Bertz CT molecular complexity index is 424. The zero-order chi connectivity index (χ0) is 13.9. The van der Waals surface area contributed by atoms with E-state index in [0.29, 0.717) is 5.92 Å². The molecule has 5 nitrogen and oxygen atoms in total. The first-order chi connectivity index (χ1) is 9.72. The number of nitrogens with two attached hydrogens (primary N) is 1. The summed E-state index contributed by atoms with van der Waals surface area (Å²) < 4.78 is 0. The van der Waals surface area contributed by atoms with Crippen LogP contribution >= 0.6 is 0 Å². The second kappa shape index (κ2) is 6.12. The van der Waals surface area contributed by atoms with Crippen molar-refractivity contribution >= 4 is 5.95 Å². The second-order valence-electron chi connectivity index (χ2n) is 6.67. The molecule has 1 aliphatic carbocycles. The van der Waals surface area contributed by atoms with Gasteiger partial charge in [0, 0.05) is 25.6 Å². The van der Waals surface area contributed by atoms with Crippen LogP contribution in [0.25, 0.3) is 0 Å². The standard InChI is InChI=1S/C15H27N5/c1-11-7-8-20(10-13(11)16)15-17-14(18-19-15)9-12-5-3-2-4-6-12/h11-13H,2-10,16H2,1H3,(H,17,18,19). The molecule has 2 atom stereocenters. The lowest BCUT2D eigenvalue weighted by atomic mass is 9.87. The van der Waals surface area contributed by atoms with Crippen molar-refractivity contribution in [2.24, 2.45) is 17.6 Å². The summed E-state index contributed by atoms with van der Waals surface area (Å²) in [4.78, 5) is 6.92. The highest BCUT2D eigenvalue weighted by molar-refractivity contribution is 5.30. The molecular formula is C15H27N5. The van der Waals surface area contributed by atoms with Gasteiger partial charge in [-0.05, 0) is 18.3 Å². The minimum Gasteiger partial charge on any atom is -0.338 e. The molecule has 0 amide bonds. The summed E-state index contributed by atoms with van der Waals surface area (Å²) in [5.41, 5.74) is 6.15. The van der Waals surface area contributed by atoms with Gasteiger partial charge in [0.1, 0.15) is 5.82 Å². The number of aromatic nitrogens is 3. The molecule has 1 aliphatic heterocycles. The number of piperidine rings is 1. The minimum atomic E-state index is 0.240. The fourth-order valence-corrected chi connectivity index (χ4v) is 3.46. The largest absolute Gasteiger partial charge is 0.338 e. The molecule has 2 unspecified atom stereocenters. The third-order valence-electron chi connectivity index (χ3n) is 5.03. The van der Waals surface area contributed by atoms with Crippen molar-refractivity contribution < 1.29 is 0 Å². The Morgan fingerprint density at radius 2 is 2.05 bits per heavy atom. The Morgan fingerprint density at radius 3 is 2.80 bits per heavy atom. The second-order valence-corrected chi connectivity index (χ2v) is 6.67. The van der Waals surface area contributed by atoms with Gasteiger partial charge in [-0.1, -0.05) is 39.0 Å². The van der Waals surface area contributed by atoms with Crippen LogP contribution in [0.5, 0.6) is 0 Å². The average Bonchev–Trinajstić information content (AvgIpc) is 2.91. The summed E-state index contributed by atoms with van der Waals surface area (Å²) in [5, 5.41) is 7.53. The van der Waals surface area contributed by atoms with Crippen LogP contribution in [-0.2, 0) is 6.42 Å². The van der Waals surface area contributed by atoms with Gasteiger partial charge in [-0.15, -0.1) is 5.10 Å². The lowest BCUT2D eigenvalue weighted by Gasteiger charge is -2.34. The van der Waals surface area contributed by atoms with E-state index in [9.17, 15) is 0 Å². The van der Waals surface area contributed by atoms with Crippen LogP contribution in [0.2, 0.25) is 0 Å². The predicted molar refractivity (Wildman–Crippen MR) is 80.6 cm³/mol. The quantitative estimate of drug-likeness (QED) is 0.887. The Labute approximate surface area is 121 Å². The Hall–Kier alpha value is -1.10. The van der Waals surface area contributed by atoms with Crippen LogP contribution in [0.4, 0.5) is 5.95 Å². The average molecular weight is 277 g/mol. The summed E-state index contributed by atoms with van der Waals surface area (Å²) in [6.45, 7) is 4.13. The van der Waals surface area contributed by atoms with Gasteiger partial charge in [-0.2, -0.15) is 4.98 Å². The van der Waals surface area contributed by atoms with E-state index >= 15 is 0 Å². The molecule has 1 aromatic heterocycles. The first-order valence-electron chi connectivity index (χ1n) is 8.14. The van der Waals surface area contributed by atoms with Gasteiger partial charge in [0.2, 0.25) is 5.95 Å². The highest BCUT2D eigenvalue weighted by Crippen LogP contribution is 2.26. The summed E-state index contributed by atoms with van der Waals surface area (Å²) in [7, 11) is 0. The molecule has 1 aromatic rings. The normalized spacial score (nSPS) is 28.8. The van der Waals surface area contributed by atoms with E-state index in [4.69, 9.17) is 10.7 Å². The molecule has 3 rings (SSSR count). The van der Waals surface area contributed by atoms with Crippen LogP contribution in [0.3, 0.4) is 0 Å². The van der Waals surface area contributed by atoms with Crippen molar-refractivity contribution in [1.82, 2.24) is 15.2 Å². The molecule has 1 saturated carbocycles. The number of H-pyrrole nitrogens is 1. The Morgan fingerprint density at radius 1 is 1.25 bits per heavy atom. The number of nitrogens with one attached hydrogen (secondary N) is 1. The van der Waals surface area contributed by atoms with E-state index in [1.165, 1.54) is 32.1 Å². The van der Waals surface area contributed by atoms with E-state index < -0.39 is 0 Å². The number of aromatic amines is 1. The molecule has 1 saturated heterocycles. The van der Waals surface area contributed by atoms with Gasteiger partial charge in [-0.25, -0.2) is 0 Å². The topological polar surface area (TPSA) is 70.8 Å². The van der Waals surface area contributed by atoms with Gasteiger partial charge in [0.25, 0.3) is 0 Å². The monoisotopic (exact) mass is 277 g/mol. The van der Waals surface area contributed by atoms with E-state index in [2.05, 4.69) is 22.0 Å². The molecule has 0 radical (unpaired) electrons. The zero-order valence-corrected chi connectivity index (χ0v) is 12.5. The van der Waals surface area contributed by atoms with Gasteiger partial charge < -0.3 is 10.6 Å². The molecule has 0 aromatic carbocycles. The first-order valence-corrected chi connectivity index (χ1v) is 8.14. The zero-order valence-electron chi connectivity index (χ0n) is 12.5. The van der Waals surface area contributed by atoms with E-state index in [0.717, 1.165) is 43.6 Å². The summed E-state index contributed by atoms with van der Waals surface area (Å²) in [5.74, 6) is 3.30. The summed E-state index contributed by atoms with van der Waals surface area (Å²) in [6.07, 6.45) is 9.05. The molecule has 2 aliphatic rings. The molecule has 2 heterocycles. The number of rotatable bonds is 3. The SMILES string of the molecule is CC1CCN(c2n[nH]c(CC3CCCCC3)n2)CC1N. The maximum atomic E-state index is 6.15. The van der Waals surface area contributed by atoms with Crippen LogP contribution < -0.4 is 10.6 Å². The molecule has 112 valence electrons. The van der Waals surface area contributed by atoms with Crippen LogP contribution in [0.15, 0.2) is 0 Å². The van der Waals surface area contributed by atoms with Gasteiger partial charge >= 0.3 is 0 Å². The Kier molecular flexibility index (Phi) is 4.24. The molecule has 0 bridgehead atoms. The highest BCUT2D eigenvalue weighted by Gasteiger charge is 2.25. The predicted octanol–water partition coefficient (Wildman–Crippen LogP) is 2.10. The first kappa shape index (κ1) is 13.9. The van der Waals surface area contributed by atoms with E-state index in [-0.39, 0.29) is 6.04 Å².